The van der Waals surface area contributed by atoms with Gasteiger partial charge in [0.2, 0.25) is 10.0 Å². The molecular formula is C30H33Cl2F2N3O7S2. The van der Waals surface area contributed by atoms with Gasteiger partial charge in [-0.25, -0.2) is 13.2 Å². The van der Waals surface area contributed by atoms with Gasteiger partial charge in [0, 0.05) is 45.0 Å². The molecule has 10 nitrogen and oxygen atoms in total. The molecule has 0 amide bonds. The molecule has 0 spiro atoms. The van der Waals surface area contributed by atoms with E-state index in [-0.39, 0.29) is 45.1 Å². The van der Waals surface area contributed by atoms with Crippen molar-refractivity contribution in [2.75, 3.05) is 56.6 Å². The molecule has 3 heterocycles. The van der Waals surface area contributed by atoms with Gasteiger partial charge in [-0.2, -0.15) is 8.78 Å². The zero-order valence-electron chi connectivity index (χ0n) is 24.9. The quantitative estimate of drug-likeness (QED) is 0.173. The number of hydrogen-bond donors (Lipinski definition) is 0. The highest BCUT2D eigenvalue weighted by atomic mass is 35.5. The molecule has 1 aromatic carbocycles. The molecule has 0 N–H and O–H groups in total. The third kappa shape index (κ3) is 9.20. The maximum atomic E-state index is 13.8. The van der Waals surface area contributed by atoms with Crippen molar-refractivity contribution in [2.24, 2.45) is 5.92 Å². The van der Waals surface area contributed by atoms with E-state index in [1.165, 1.54) is 34.9 Å². The van der Waals surface area contributed by atoms with E-state index < -0.39 is 28.7 Å². The standard InChI is InChI=1S/C30H33Cl2F2N3O7S2/c1-46(39,40)37(8-7-36-9-11-41-12-10-36)24-6-13-45-28(24)29(38)43-26(15-21-22(31)16-35-17-23(21)32)20-4-5-25(44-30(33)34)27(14-20)42-18-19-2-3-19/h4-6,13-14,16-17,19,26,30H,2-3,7-12,15,18H2,1H3/t26-/m0/s1. The molecule has 0 radical (unpaired) electrons. The second-order valence-electron chi connectivity index (χ2n) is 10.9. The predicted molar refractivity (Wildman–Crippen MR) is 171 cm³/mol. The van der Waals surface area contributed by atoms with E-state index in [2.05, 4.69) is 14.6 Å². The number of nitrogens with zero attached hydrogens (tertiary/aromatic N) is 3. The monoisotopic (exact) mass is 719 g/mol. The summed E-state index contributed by atoms with van der Waals surface area (Å²) >= 11 is 13.9. The number of anilines is 1. The fraction of sp³-hybridized carbons (Fsp3) is 0.467. The van der Waals surface area contributed by atoms with Crippen LogP contribution in [-0.4, -0.2) is 83.1 Å². The Kier molecular flexibility index (Phi) is 11.6. The number of benzene rings is 1. The number of aromatic nitrogens is 1. The van der Waals surface area contributed by atoms with Crippen molar-refractivity contribution in [3.05, 3.63) is 68.1 Å². The maximum absolute atomic E-state index is 13.8. The summed E-state index contributed by atoms with van der Waals surface area (Å²) in [5.41, 5.74) is 1.04. The van der Waals surface area contributed by atoms with Crippen LogP contribution in [0.3, 0.4) is 0 Å². The zero-order valence-corrected chi connectivity index (χ0v) is 28.0. The molecule has 1 saturated carbocycles. The van der Waals surface area contributed by atoms with Gasteiger partial charge in [0.1, 0.15) is 11.0 Å². The minimum Gasteiger partial charge on any atom is -0.489 e. The Morgan fingerprint density at radius 2 is 1.87 bits per heavy atom. The number of carbonyl (C=O) groups excluding carboxylic acids is 1. The number of esters is 1. The lowest BCUT2D eigenvalue weighted by molar-refractivity contribution is -0.0515. The summed E-state index contributed by atoms with van der Waals surface area (Å²) in [6, 6.07) is 5.87. The Balaban J connectivity index is 1.45. The summed E-state index contributed by atoms with van der Waals surface area (Å²) in [5, 5.41) is 2.09. The minimum absolute atomic E-state index is 0.00340. The molecular weight excluding hydrogens is 687 g/mol. The van der Waals surface area contributed by atoms with E-state index in [4.69, 9.17) is 37.4 Å². The Labute approximate surface area is 280 Å². The van der Waals surface area contributed by atoms with Crippen molar-refractivity contribution in [2.45, 2.75) is 32.0 Å². The van der Waals surface area contributed by atoms with Crippen LogP contribution in [0, 0.1) is 5.92 Å². The van der Waals surface area contributed by atoms with Crippen molar-refractivity contribution in [1.82, 2.24) is 9.88 Å². The summed E-state index contributed by atoms with van der Waals surface area (Å²) in [5.74, 6) is -0.552. The zero-order chi connectivity index (χ0) is 32.8. The number of sulfonamides is 1. The fourth-order valence-corrected chi connectivity index (χ4v) is 7.20. The summed E-state index contributed by atoms with van der Waals surface area (Å²) in [4.78, 5) is 20.0. The largest absolute Gasteiger partial charge is 0.489 e. The third-order valence-corrected chi connectivity index (χ3v) is 10.3. The van der Waals surface area contributed by atoms with Crippen molar-refractivity contribution >= 4 is 56.2 Å². The highest BCUT2D eigenvalue weighted by molar-refractivity contribution is 7.92. The third-order valence-electron chi connectivity index (χ3n) is 7.54. The second-order valence-corrected chi connectivity index (χ2v) is 14.6. The number of rotatable bonds is 15. The summed E-state index contributed by atoms with van der Waals surface area (Å²) in [6.07, 6.45) is 4.80. The molecule has 1 atom stereocenters. The second kappa shape index (κ2) is 15.4. The average molecular weight is 721 g/mol. The highest BCUT2D eigenvalue weighted by Gasteiger charge is 2.30. The first kappa shape index (κ1) is 34.6. The van der Waals surface area contributed by atoms with Gasteiger partial charge >= 0.3 is 12.6 Å². The average Bonchev–Trinajstić information content (AvgIpc) is 3.72. The van der Waals surface area contributed by atoms with E-state index in [1.807, 2.05) is 0 Å². The highest BCUT2D eigenvalue weighted by Crippen LogP contribution is 2.39. The smallest absolute Gasteiger partial charge is 0.387 e. The molecule has 5 rings (SSSR count). The Morgan fingerprint density at radius 1 is 1.15 bits per heavy atom. The van der Waals surface area contributed by atoms with Crippen molar-refractivity contribution < 1.29 is 40.9 Å². The molecule has 0 bridgehead atoms. The number of alkyl halides is 2. The number of hydrogen-bond acceptors (Lipinski definition) is 10. The van der Waals surface area contributed by atoms with Gasteiger partial charge in [-0.3, -0.25) is 14.2 Å². The van der Waals surface area contributed by atoms with E-state index >= 15 is 0 Å². The van der Waals surface area contributed by atoms with Crippen LogP contribution in [0.4, 0.5) is 14.5 Å². The predicted octanol–water partition coefficient (Wildman–Crippen LogP) is 6.08. The molecule has 1 aliphatic heterocycles. The Morgan fingerprint density at radius 3 is 2.52 bits per heavy atom. The first-order valence-corrected chi connectivity index (χ1v) is 18.0. The molecule has 1 aliphatic carbocycles. The lowest BCUT2D eigenvalue weighted by Gasteiger charge is -2.30. The number of thiophene rings is 1. The molecule has 2 aliphatic rings. The van der Waals surface area contributed by atoms with Crippen LogP contribution in [0.15, 0.2) is 42.0 Å². The van der Waals surface area contributed by atoms with Gasteiger partial charge < -0.3 is 18.9 Å². The molecule has 2 fully saturated rings. The van der Waals surface area contributed by atoms with Crippen LogP contribution in [-0.2, 0) is 25.9 Å². The van der Waals surface area contributed by atoms with Crippen LogP contribution in [0.5, 0.6) is 11.5 Å². The maximum Gasteiger partial charge on any atom is 0.387 e. The van der Waals surface area contributed by atoms with Crippen LogP contribution in [0.25, 0.3) is 0 Å². The van der Waals surface area contributed by atoms with Crippen LogP contribution < -0.4 is 13.8 Å². The minimum atomic E-state index is -3.77. The number of morpholine rings is 1. The van der Waals surface area contributed by atoms with Crippen LogP contribution in [0.1, 0.15) is 39.7 Å². The number of carbonyl (C=O) groups is 1. The molecule has 2 aromatic heterocycles. The fourth-order valence-electron chi connectivity index (χ4n) is 4.93. The summed E-state index contributed by atoms with van der Waals surface area (Å²) < 4.78 is 75.4. The summed E-state index contributed by atoms with van der Waals surface area (Å²) in [7, 11) is -3.77. The molecule has 3 aromatic rings. The first-order valence-electron chi connectivity index (χ1n) is 14.5. The van der Waals surface area contributed by atoms with Crippen molar-refractivity contribution in [3.63, 3.8) is 0 Å². The first-order chi connectivity index (χ1) is 22.0. The molecule has 16 heteroatoms. The van der Waals surface area contributed by atoms with E-state index in [9.17, 15) is 22.0 Å². The lowest BCUT2D eigenvalue weighted by Crippen LogP contribution is -2.43. The topological polar surface area (TPSA) is 108 Å². The molecule has 250 valence electrons. The van der Waals surface area contributed by atoms with Crippen molar-refractivity contribution in [3.8, 4) is 11.5 Å². The number of ether oxygens (including phenoxy) is 4. The van der Waals surface area contributed by atoms with Gasteiger partial charge in [-0.15, -0.1) is 11.3 Å². The van der Waals surface area contributed by atoms with E-state index in [0.717, 1.165) is 30.4 Å². The van der Waals surface area contributed by atoms with Crippen LogP contribution >= 0.6 is 34.5 Å². The van der Waals surface area contributed by atoms with E-state index in [1.54, 1.807) is 11.4 Å². The van der Waals surface area contributed by atoms with Gasteiger partial charge in [0.05, 0.1) is 41.8 Å². The van der Waals surface area contributed by atoms with Gasteiger partial charge in [0.15, 0.2) is 11.5 Å². The summed E-state index contributed by atoms with van der Waals surface area (Å²) in [6.45, 7) is 0.273. The number of pyridine rings is 1. The molecule has 0 unspecified atom stereocenters. The molecule has 46 heavy (non-hydrogen) atoms. The van der Waals surface area contributed by atoms with E-state index in [0.29, 0.717) is 56.5 Å². The van der Waals surface area contributed by atoms with Crippen molar-refractivity contribution in [1.29, 1.82) is 0 Å². The van der Waals surface area contributed by atoms with Gasteiger partial charge in [-0.1, -0.05) is 29.3 Å². The number of halogens is 4. The SMILES string of the molecule is CS(=O)(=O)N(CCN1CCOCC1)c1ccsc1C(=O)O[C@@H](Cc1c(Cl)cncc1Cl)c1ccc(OC(F)F)c(OCC2CC2)c1. The van der Waals surface area contributed by atoms with Crippen LogP contribution in [0.2, 0.25) is 10.0 Å². The Hall–Kier alpha value is -2.75. The van der Waals surface area contributed by atoms with Gasteiger partial charge in [-0.05, 0) is 53.5 Å². The normalized spacial score (nSPS) is 16.3. The molecule has 1 saturated heterocycles. The Bertz CT molecular complexity index is 1600. The van der Waals surface area contributed by atoms with Gasteiger partial charge in [0.25, 0.3) is 0 Å². The lowest BCUT2D eigenvalue weighted by atomic mass is 10.0.